The van der Waals surface area contributed by atoms with Crippen molar-refractivity contribution < 1.29 is 67.7 Å². The van der Waals surface area contributed by atoms with Gasteiger partial charge in [-0.2, -0.15) is 11.8 Å². The minimum atomic E-state index is -1.91. The number of carboxylic acids is 1. The molecule has 0 aromatic carbocycles. The summed E-state index contributed by atoms with van der Waals surface area (Å²) in [6.07, 6.45) is 1.37. The zero-order chi connectivity index (χ0) is 54.1. The summed E-state index contributed by atoms with van der Waals surface area (Å²) in [6, 6.07) is -12.4. The van der Waals surface area contributed by atoms with Crippen LogP contribution in [0.15, 0.2) is 0 Å². The predicted octanol–water partition coefficient (Wildman–Crippen LogP) is -7.94. The first-order valence-electron chi connectivity index (χ1n) is 23.0. The van der Waals surface area contributed by atoms with Gasteiger partial charge in [-0.1, -0.05) is 0 Å². The number of aliphatic hydroxyl groups excluding tert-OH is 1. The number of nitrogens with two attached hydrogens (primary N) is 7. The number of carbonyl (C=O) groups excluding carboxylic acids is 11. The third-order valence-corrected chi connectivity index (χ3v) is 11.0. The van der Waals surface area contributed by atoms with E-state index in [1.54, 1.807) is 6.26 Å². The van der Waals surface area contributed by atoms with Gasteiger partial charge in [0.25, 0.3) is 0 Å². The molecule has 0 unspecified atom stereocenters. The molecule has 0 fully saturated rings. The molecule has 0 aromatic rings. The maximum Gasteiger partial charge on any atom is 0.326 e. The normalized spacial score (nSPS) is 14.3. The molecular formula is C41H75N15O14S. The van der Waals surface area contributed by atoms with Crippen molar-refractivity contribution in [2.75, 3.05) is 44.8 Å². The Morgan fingerprint density at radius 1 is 0.423 bits per heavy atom. The van der Waals surface area contributed by atoms with Gasteiger partial charge in [-0.05, 0) is 102 Å². The molecule has 0 aromatic heterocycles. The van der Waals surface area contributed by atoms with Crippen molar-refractivity contribution in [2.24, 2.45) is 40.1 Å². The Morgan fingerprint density at radius 2 is 0.746 bits per heavy atom. The van der Waals surface area contributed by atoms with Crippen molar-refractivity contribution in [3.63, 3.8) is 0 Å². The van der Waals surface area contributed by atoms with Crippen molar-refractivity contribution in [1.29, 1.82) is 0 Å². The molecule has 8 atom stereocenters. The van der Waals surface area contributed by atoms with Crippen molar-refractivity contribution >= 4 is 82.7 Å². The Morgan fingerprint density at radius 3 is 1.06 bits per heavy atom. The number of thioether (sulfide) groups is 1. The number of rotatable bonds is 40. The lowest BCUT2D eigenvalue weighted by Gasteiger charge is -2.28. The fourth-order valence-electron chi connectivity index (χ4n) is 6.51. The lowest BCUT2D eigenvalue weighted by Crippen LogP contribution is -2.61. The van der Waals surface area contributed by atoms with E-state index in [1.807, 2.05) is 0 Å². The molecule has 404 valence electrons. The van der Waals surface area contributed by atoms with E-state index in [0.717, 1.165) is 0 Å². The van der Waals surface area contributed by atoms with Gasteiger partial charge in [0, 0.05) is 6.42 Å². The lowest BCUT2D eigenvalue weighted by molar-refractivity contribution is -0.142. The largest absolute Gasteiger partial charge is 0.480 e. The Kier molecular flexibility index (Phi) is 33.5. The molecule has 29 nitrogen and oxygen atoms in total. The Bertz CT molecular complexity index is 1800. The minimum absolute atomic E-state index is 0.0144. The molecule has 11 amide bonds. The first-order valence-corrected chi connectivity index (χ1v) is 24.4. The van der Waals surface area contributed by atoms with Crippen LogP contribution in [0.2, 0.25) is 0 Å². The van der Waals surface area contributed by atoms with Crippen molar-refractivity contribution in [2.45, 2.75) is 138 Å². The highest BCUT2D eigenvalue weighted by Crippen LogP contribution is 2.10. The summed E-state index contributed by atoms with van der Waals surface area (Å²) in [6.45, 7) is -1.01. The van der Waals surface area contributed by atoms with E-state index in [0.29, 0.717) is 37.9 Å². The number of carboxylic acid groups (broad SMARTS) is 1. The number of nitrogens with one attached hydrogen (secondary N) is 8. The van der Waals surface area contributed by atoms with Crippen LogP contribution < -0.4 is 82.7 Å². The SMILES string of the molecule is CSCC[C@H](NC(=O)[C@H](CC(N)=O)NC(=O)[C@H](CO)NC(=O)[C@H](CC(N)=O)NC(=O)[C@H](CCCCN)NC(=O)[C@H](CCCCN)NC(=O)[C@H](CCCCN)NC(=O)[C@H](CCC(N)=O)NC(=O)CN)C(=O)O. The van der Waals surface area contributed by atoms with E-state index in [2.05, 4.69) is 42.5 Å². The molecular weight excluding hydrogens is 959 g/mol. The lowest BCUT2D eigenvalue weighted by atomic mass is 10.0. The van der Waals surface area contributed by atoms with Crippen LogP contribution in [0.5, 0.6) is 0 Å². The first kappa shape index (κ1) is 64.8. The molecule has 0 bridgehead atoms. The number of primary amides is 3. The van der Waals surface area contributed by atoms with Gasteiger partial charge in [0.05, 0.1) is 26.0 Å². The summed E-state index contributed by atoms with van der Waals surface area (Å²) in [4.78, 5) is 155. The monoisotopic (exact) mass is 1030 g/mol. The van der Waals surface area contributed by atoms with Gasteiger partial charge in [-0.15, -0.1) is 0 Å². The van der Waals surface area contributed by atoms with Gasteiger partial charge in [-0.25, -0.2) is 4.79 Å². The van der Waals surface area contributed by atoms with Crippen LogP contribution in [-0.4, -0.2) is 174 Å². The quantitative estimate of drug-likeness (QED) is 0.0254. The van der Waals surface area contributed by atoms with Crippen molar-refractivity contribution in [1.82, 2.24) is 42.5 Å². The van der Waals surface area contributed by atoms with E-state index in [4.69, 9.17) is 40.1 Å². The third-order valence-electron chi connectivity index (χ3n) is 10.4. The van der Waals surface area contributed by atoms with E-state index in [1.165, 1.54) is 11.8 Å². The van der Waals surface area contributed by atoms with Crippen LogP contribution in [0.4, 0.5) is 0 Å². The van der Waals surface area contributed by atoms with Gasteiger partial charge in [0.1, 0.15) is 48.3 Å². The van der Waals surface area contributed by atoms with Crippen LogP contribution in [0.25, 0.3) is 0 Å². The number of hydrogen-bond acceptors (Lipinski definition) is 18. The summed E-state index contributed by atoms with van der Waals surface area (Å²) < 4.78 is 0. The van der Waals surface area contributed by atoms with Crippen LogP contribution >= 0.6 is 11.8 Å². The number of hydrogen-bond donors (Lipinski definition) is 17. The highest BCUT2D eigenvalue weighted by molar-refractivity contribution is 7.98. The molecule has 0 rings (SSSR count). The third kappa shape index (κ3) is 27.7. The first-order chi connectivity index (χ1) is 33.6. The fraction of sp³-hybridized carbons (Fsp3) is 0.707. The number of aliphatic carboxylic acids is 1. The minimum Gasteiger partial charge on any atom is -0.480 e. The highest BCUT2D eigenvalue weighted by Gasteiger charge is 2.35. The smallest absolute Gasteiger partial charge is 0.326 e. The number of aliphatic hydroxyl groups is 1. The van der Waals surface area contributed by atoms with Crippen LogP contribution in [-0.2, 0) is 57.5 Å². The summed E-state index contributed by atoms with van der Waals surface area (Å²) >= 11 is 1.29. The second kappa shape index (κ2) is 36.7. The van der Waals surface area contributed by atoms with Gasteiger partial charge in [0.2, 0.25) is 65.0 Å². The molecule has 0 saturated carbocycles. The van der Waals surface area contributed by atoms with Crippen LogP contribution in [0.1, 0.15) is 89.9 Å². The highest BCUT2D eigenvalue weighted by atomic mass is 32.2. The summed E-state index contributed by atoms with van der Waals surface area (Å²) in [5.41, 5.74) is 38.3. The molecule has 0 radical (unpaired) electrons. The maximum atomic E-state index is 14.1. The average molecular weight is 1030 g/mol. The molecule has 0 saturated heterocycles. The molecule has 71 heavy (non-hydrogen) atoms. The molecule has 0 spiro atoms. The van der Waals surface area contributed by atoms with E-state index < -0.39 is 145 Å². The van der Waals surface area contributed by atoms with Gasteiger partial charge < -0.3 is 92.9 Å². The molecule has 0 aliphatic carbocycles. The topological polar surface area (TPSA) is 524 Å². The van der Waals surface area contributed by atoms with E-state index in [-0.39, 0.29) is 64.6 Å². The fourth-order valence-corrected chi connectivity index (χ4v) is 6.98. The van der Waals surface area contributed by atoms with Crippen LogP contribution in [0, 0.1) is 0 Å². The van der Waals surface area contributed by atoms with E-state index >= 15 is 0 Å². The number of unbranched alkanes of at least 4 members (excludes halogenated alkanes) is 3. The standard InChI is InChI=1S/C41H75N15O14S/c1-71-17-13-26(41(69)70)53-38(66)27(18-31(47)59)55-40(68)29(21-57)56-39(67)28(19-32(48)60)54-36(64)24(10-4-7-16-44)51-34(62)22(8-2-5-14-42)50-35(63)23(9-3-6-15-43)52-37(65)25(11-12-30(46)58)49-33(61)20-45/h22-29,57H,2-21,42-45H2,1H3,(H2,46,58)(H2,47,59)(H2,48,60)(H,49,61)(H,50,63)(H,51,62)(H,52,65)(H,53,66)(H,54,64)(H,55,68)(H,56,67)(H,69,70)/t22-,23-,24-,25-,26-,27-,28-,29-/m0/s1. The summed E-state index contributed by atoms with van der Waals surface area (Å²) in [7, 11) is 0. The molecule has 0 aliphatic heterocycles. The zero-order valence-corrected chi connectivity index (χ0v) is 40.8. The Balaban J connectivity index is 6.62. The average Bonchev–Trinajstić information content (AvgIpc) is 3.30. The second-order valence-electron chi connectivity index (χ2n) is 16.3. The van der Waals surface area contributed by atoms with Crippen molar-refractivity contribution in [3.05, 3.63) is 0 Å². The summed E-state index contributed by atoms with van der Waals surface area (Å²) in [5.74, 6) is -12.1. The van der Waals surface area contributed by atoms with Gasteiger partial charge in [-0.3, -0.25) is 52.7 Å². The van der Waals surface area contributed by atoms with Gasteiger partial charge in [0.15, 0.2) is 0 Å². The Hall–Kier alpha value is -6.21. The zero-order valence-electron chi connectivity index (χ0n) is 40.0. The van der Waals surface area contributed by atoms with E-state index in [9.17, 15) is 67.7 Å². The Labute approximate surface area is 415 Å². The number of amides is 11. The molecule has 24 N–H and O–H groups in total. The molecule has 30 heteroatoms. The van der Waals surface area contributed by atoms with Crippen molar-refractivity contribution in [3.8, 4) is 0 Å². The molecule has 0 aliphatic rings. The van der Waals surface area contributed by atoms with Crippen LogP contribution in [0.3, 0.4) is 0 Å². The predicted molar refractivity (Wildman–Crippen MR) is 257 cm³/mol. The van der Waals surface area contributed by atoms with Gasteiger partial charge >= 0.3 is 5.97 Å². The maximum absolute atomic E-state index is 14.1. The summed E-state index contributed by atoms with van der Waals surface area (Å²) in [5, 5.41) is 38.5. The molecule has 0 heterocycles. The second-order valence-corrected chi connectivity index (χ2v) is 17.2. The number of carbonyl (C=O) groups is 12.